The van der Waals surface area contributed by atoms with E-state index in [2.05, 4.69) is 22.9 Å². The minimum Gasteiger partial charge on any atom is -0.497 e. The molecule has 5 aromatic rings. The van der Waals surface area contributed by atoms with Crippen LogP contribution in [0.5, 0.6) is 5.75 Å². The molecule has 1 unspecified atom stereocenters. The molecule has 0 aliphatic rings. The number of carbonyl (C=O) groups is 1. The van der Waals surface area contributed by atoms with E-state index in [1.807, 2.05) is 80.0 Å². The van der Waals surface area contributed by atoms with Gasteiger partial charge in [0, 0.05) is 35.7 Å². The van der Waals surface area contributed by atoms with Crippen LogP contribution < -0.4 is 4.74 Å². The lowest BCUT2D eigenvalue weighted by Crippen LogP contribution is -2.20. The molecule has 0 bridgehead atoms. The largest absolute Gasteiger partial charge is 0.497 e. The first-order valence-corrected chi connectivity index (χ1v) is 9.95. The normalized spacial score (nSPS) is 12.3. The van der Waals surface area contributed by atoms with Crippen LogP contribution in [0.2, 0.25) is 0 Å². The maximum Gasteiger partial charge on any atom is 0.243 e. The van der Waals surface area contributed by atoms with Crippen molar-refractivity contribution in [3.05, 3.63) is 102 Å². The highest BCUT2D eigenvalue weighted by molar-refractivity contribution is 6.00. The fourth-order valence-corrected chi connectivity index (χ4v) is 4.27. The summed E-state index contributed by atoms with van der Waals surface area (Å²) in [5.74, 6) is 0.366. The average molecular weight is 394 g/mol. The molecule has 0 radical (unpaired) electrons. The van der Waals surface area contributed by atoms with E-state index in [0.29, 0.717) is 0 Å². The standard InChI is InChI=1S/C26H22N2O2/c1-27-17-22(21-8-4-6-10-24(21)27)25(19-11-13-20(30-2)14-12-19)26(29)28-16-15-18-7-3-5-9-23(18)28/h3-17,25H,1-2H3. The lowest BCUT2D eigenvalue weighted by Gasteiger charge is -2.18. The van der Waals surface area contributed by atoms with E-state index < -0.39 is 5.92 Å². The van der Waals surface area contributed by atoms with Gasteiger partial charge in [-0.25, -0.2) is 0 Å². The summed E-state index contributed by atoms with van der Waals surface area (Å²) in [6.45, 7) is 0. The van der Waals surface area contributed by atoms with Crippen LogP contribution >= 0.6 is 0 Å². The van der Waals surface area contributed by atoms with Crippen molar-refractivity contribution in [1.82, 2.24) is 9.13 Å². The summed E-state index contributed by atoms with van der Waals surface area (Å²) in [6, 6.07) is 26.0. The van der Waals surface area contributed by atoms with Crippen LogP contribution in [-0.2, 0) is 7.05 Å². The highest BCUT2D eigenvalue weighted by Gasteiger charge is 2.28. The molecule has 0 aliphatic heterocycles. The molecule has 5 rings (SSSR count). The minimum absolute atomic E-state index is 0.0257. The Kier molecular flexibility index (Phi) is 4.40. The van der Waals surface area contributed by atoms with Crippen molar-refractivity contribution in [1.29, 1.82) is 0 Å². The molecule has 0 amide bonds. The summed E-state index contributed by atoms with van der Waals surface area (Å²) in [6.07, 6.45) is 3.94. The molecule has 0 fully saturated rings. The predicted molar refractivity (Wildman–Crippen MR) is 120 cm³/mol. The van der Waals surface area contributed by atoms with Crippen LogP contribution in [0.25, 0.3) is 21.8 Å². The first-order valence-electron chi connectivity index (χ1n) is 9.95. The molecule has 4 nitrogen and oxygen atoms in total. The highest BCUT2D eigenvalue weighted by atomic mass is 16.5. The Bertz CT molecular complexity index is 1360. The molecule has 148 valence electrons. The van der Waals surface area contributed by atoms with E-state index >= 15 is 0 Å². The molecular formula is C26H22N2O2. The van der Waals surface area contributed by atoms with Crippen LogP contribution in [-0.4, -0.2) is 22.2 Å². The second kappa shape index (κ2) is 7.23. The van der Waals surface area contributed by atoms with Crippen molar-refractivity contribution >= 4 is 27.7 Å². The van der Waals surface area contributed by atoms with Gasteiger partial charge < -0.3 is 9.30 Å². The SMILES string of the molecule is COc1ccc(C(C(=O)n2ccc3ccccc32)c2cn(C)c3ccccc23)cc1. The van der Waals surface area contributed by atoms with Gasteiger partial charge in [0.15, 0.2) is 0 Å². The summed E-state index contributed by atoms with van der Waals surface area (Å²) >= 11 is 0. The Labute approximate surface area is 174 Å². The van der Waals surface area contributed by atoms with Crippen LogP contribution in [0.15, 0.2) is 91.3 Å². The van der Waals surface area contributed by atoms with Crippen molar-refractivity contribution in [2.24, 2.45) is 7.05 Å². The maximum absolute atomic E-state index is 14.0. The van der Waals surface area contributed by atoms with Crippen LogP contribution in [0.4, 0.5) is 0 Å². The van der Waals surface area contributed by atoms with Crippen LogP contribution in [0.3, 0.4) is 0 Å². The van der Waals surface area contributed by atoms with Crippen LogP contribution in [0.1, 0.15) is 21.8 Å². The third kappa shape index (κ3) is 2.89. The number of nitrogens with zero attached hydrogens (tertiary/aromatic N) is 2. The molecule has 0 N–H and O–H groups in total. The maximum atomic E-state index is 14.0. The number of fused-ring (bicyclic) bond motifs is 2. The molecule has 0 saturated carbocycles. The predicted octanol–water partition coefficient (Wildman–Crippen LogP) is 5.61. The fourth-order valence-electron chi connectivity index (χ4n) is 4.27. The number of hydrogen-bond acceptors (Lipinski definition) is 2. The number of rotatable bonds is 4. The summed E-state index contributed by atoms with van der Waals surface area (Å²) in [5.41, 5.74) is 3.97. The average Bonchev–Trinajstić information content (AvgIpc) is 3.36. The lowest BCUT2D eigenvalue weighted by molar-refractivity contribution is 0.0899. The summed E-state index contributed by atoms with van der Waals surface area (Å²) in [7, 11) is 3.67. The molecule has 30 heavy (non-hydrogen) atoms. The monoisotopic (exact) mass is 394 g/mol. The van der Waals surface area contributed by atoms with Crippen molar-refractivity contribution in [2.75, 3.05) is 7.11 Å². The molecule has 0 saturated heterocycles. The lowest BCUT2D eigenvalue weighted by atomic mass is 9.90. The quantitative estimate of drug-likeness (QED) is 0.397. The van der Waals surface area contributed by atoms with E-state index in [-0.39, 0.29) is 5.91 Å². The Morgan fingerprint density at radius 1 is 0.867 bits per heavy atom. The van der Waals surface area contributed by atoms with Gasteiger partial charge in [0.1, 0.15) is 5.75 Å². The second-order valence-electron chi connectivity index (χ2n) is 7.50. The second-order valence-corrected chi connectivity index (χ2v) is 7.50. The van der Waals surface area contributed by atoms with Gasteiger partial charge in [-0.1, -0.05) is 48.5 Å². The highest BCUT2D eigenvalue weighted by Crippen LogP contribution is 2.35. The number of carbonyl (C=O) groups excluding carboxylic acids is 1. The first-order chi connectivity index (χ1) is 14.7. The summed E-state index contributed by atoms with van der Waals surface area (Å²) in [5, 5.41) is 2.14. The Hall–Kier alpha value is -3.79. The Balaban J connectivity index is 1.72. The molecule has 3 aromatic carbocycles. The number of methoxy groups -OCH3 is 1. The van der Waals surface area contributed by atoms with Gasteiger partial charge in [0.05, 0.1) is 18.5 Å². The van der Waals surface area contributed by atoms with E-state index in [9.17, 15) is 4.79 Å². The van der Waals surface area contributed by atoms with Crippen molar-refractivity contribution in [3.8, 4) is 5.75 Å². The summed E-state index contributed by atoms with van der Waals surface area (Å²) < 4.78 is 9.18. The first kappa shape index (κ1) is 18.3. The molecular weight excluding hydrogens is 372 g/mol. The fraction of sp³-hybridized carbons (Fsp3) is 0.115. The van der Waals surface area contributed by atoms with Gasteiger partial charge in [-0.3, -0.25) is 9.36 Å². The summed E-state index contributed by atoms with van der Waals surface area (Å²) in [4.78, 5) is 14.0. The van der Waals surface area contributed by atoms with E-state index in [1.165, 1.54) is 0 Å². The van der Waals surface area contributed by atoms with E-state index in [0.717, 1.165) is 38.7 Å². The zero-order chi connectivity index (χ0) is 20.7. The van der Waals surface area contributed by atoms with Crippen molar-refractivity contribution in [3.63, 3.8) is 0 Å². The third-order valence-electron chi connectivity index (χ3n) is 5.77. The van der Waals surface area contributed by atoms with E-state index in [4.69, 9.17) is 4.74 Å². The number of benzene rings is 3. The molecule has 2 aromatic heterocycles. The topological polar surface area (TPSA) is 36.2 Å². The van der Waals surface area contributed by atoms with Gasteiger partial charge in [-0.2, -0.15) is 0 Å². The number of ether oxygens (including phenoxy) is 1. The zero-order valence-electron chi connectivity index (χ0n) is 16.9. The molecule has 0 spiro atoms. The van der Waals surface area contributed by atoms with Crippen molar-refractivity contribution < 1.29 is 9.53 Å². The van der Waals surface area contributed by atoms with Gasteiger partial charge in [-0.05, 0) is 41.5 Å². The van der Waals surface area contributed by atoms with Crippen LogP contribution in [0, 0.1) is 0 Å². The number of aryl methyl sites for hydroxylation is 1. The molecule has 1 atom stereocenters. The molecule has 2 heterocycles. The Morgan fingerprint density at radius 3 is 2.33 bits per heavy atom. The third-order valence-corrected chi connectivity index (χ3v) is 5.77. The minimum atomic E-state index is -0.433. The van der Waals surface area contributed by atoms with Gasteiger partial charge >= 0.3 is 0 Å². The number of aromatic nitrogens is 2. The van der Waals surface area contributed by atoms with Crippen molar-refractivity contribution in [2.45, 2.75) is 5.92 Å². The van der Waals surface area contributed by atoms with Gasteiger partial charge in [0.25, 0.3) is 0 Å². The number of para-hydroxylation sites is 2. The zero-order valence-corrected chi connectivity index (χ0v) is 16.9. The number of hydrogen-bond donors (Lipinski definition) is 0. The van der Waals surface area contributed by atoms with E-state index in [1.54, 1.807) is 11.7 Å². The van der Waals surface area contributed by atoms with Gasteiger partial charge in [-0.15, -0.1) is 0 Å². The van der Waals surface area contributed by atoms with Gasteiger partial charge in [0.2, 0.25) is 5.91 Å². The smallest absolute Gasteiger partial charge is 0.243 e. The Morgan fingerprint density at radius 2 is 1.57 bits per heavy atom. The molecule has 0 aliphatic carbocycles. The molecule has 4 heteroatoms.